The van der Waals surface area contributed by atoms with Gasteiger partial charge in [0.25, 0.3) is 16.7 Å². The average Bonchev–Trinajstić information content (AvgIpc) is 3.51. The molecule has 0 saturated heterocycles. The summed E-state index contributed by atoms with van der Waals surface area (Å²) in [6, 6.07) is 65.4. The van der Waals surface area contributed by atoms with Crippen LogP contribution in [-0.4, -0.2) is 101 Å². The van der Waals surface area contributed by atoms with E-state index in [4.69, 9.17) is 0 Å². The molecule has 82 heavy (non-hydrogen) atoms. The Morgan fingerprint density at radius 3 is 1.00 bits per heavy atom. The zero-order valence-electron chi connectivity index (χ0n) is 46.4. The maximum Gasteiger partial charge on any atom is 0.252 e. The van der Waals surface area contributed by atoms with Gasteiger partial charge < -0.3 is 34.3 Å². The third-order valence-electron chi connectivity index (χ3n) is 15.5. The largest absolute Gasteiger partial charge is 0.390 e. The van der Waals surface area contributed by atoms with E-state index in [0.29, 0.717) is 39.3 Å². The fraction of sp³-hybridized carbons (Fsp3) is 0.261. The van der Waals surface area contributed by atoms with Crippen molar-refractivity contribution in [1.29, 1.82) is 0 Å². The standard InChI is InChI=1S/C23H25N3O2.2C23H24N2O2/c27-22(16-25-12-10-18-6-4-5-7-19(18)15-25)17-26-13-11-21(14-23(26)28)24-20-8-2-1-3-9-20;2*26-22(16-24-12-10-19-8-4-5-9-21(19)15-24)17-25-13-11-20(14-23(25)27)18-6-2-1-3-7-18/h1-9,11,13-14,22,24,27H,10,12,15-17H2;2*1-9,11,13-14,22,26H,10,12,15-17H2/t3*22-/m110/s1. The number of rotatable bonds is 16. The van der Waals surface area contributed by atoms with E-state index in [-0.39, 0.29) is 16.7 Å². The number of benzene rings is 6. The van der Waals surface area contributed by atoms with E-state index in [1.165, 1.54) is 33.4 Å². The van der Waals surface area contributed by atoms with Crippen LogP contribution in [-0.2, 0) is 58.5 Å². The smallest absolute Gasteiger partial charge is 0.252 e. The summed E-state index contributed by atoms with van der Waals surface area (Å²) in [5.41, 5.74) is 13.4. The number of nitrogens with one attached hydrogen (secondary N) is 1. The second-order valence-electron chi connectivity index (χ2n) is 21.7. The molecule has 3 aromatic heterocycles. The van der Waals surface area contributed by atoms with Gasteiger partial charge in [0.05, 0.1) is 37.9 Å². The summed E-state index contributed by atoms with van der Waals surface area (Å²) in [5.74, 6) is 0. The van der Waals surface area contributed by atoms with Crippen molar-refractivity contribution in [2.75, 3.05) is 44.6 Å². The predicted molar refractivity (Wildman–Crippen MR) is 327 cm³/mol. The summed E-state index contributed by atoms with van der Waals surface area (Å²) < 4.78 is 4.75. The van der Waals surface area contributed by atoms with Crippen LogP contribution in [0, 0.1) is 0 Å². The number of aliphatic hydroxyl groups excluding tert-OH is 3. The lowest BCUT2D eigenvalue weighted by Gasteiger charge is -2.30. The van der Waals surface area contributed by atoms with Crippen LogP contribution in [0.2, 0.25) is 0 Å². The van der Waals surface area contributed by atoms with Crippen LogP contribution in [0.1, 0.15) is 33.4 Å². The van der Waals surface area contributed by atoms with Gasteiger partial charge >= 0.3 is 0 Å². The Kier molecular flexibility index (Phi) is 19.4. The van der Waals surface area contributed by atoms with Crippen LogP contribution in [0.5, 0.6) is 0 Å². The van der Waals surface area contributed by atoms with Gasteiger partial charge in [-0.1, -0.05) is 152 Å². The highest BCUT2D eigenvalue weighted by atomic mass is 16.3. The van der Waals surface area contributed by atoms with Crippen molar-refractivity contribution in [3.63, 3.8) is 0 Å². The summed E-state index contributed by atoms with van der Waals surface area (Å²) >= 11 is 0. The second kappa shape index (κ2) is 27.9. The average molecular weight is 1100 g/mol. The van der Waals surface area contributed by atoms with Crippen LogP contribution in [0.3, 0.4) is 0 Å². The predicted octanol–water partition coefficient (Wildman–Crippen LogP) is 8.88. The van der Waals surface area contributed by atoms with Crippen LogP contribution in [0.25, 0.3) is 22.3 Å². The van der Waals surface area contributed by atoms with Gasteiger partial charge in [-0.2, -0.15) is 0 Å². The van der Waals surface area contributed by atoms with Crippen LogP contribution < -0.4 is 22.0 Å². The quantitative estimate of drug-likeness (QED) is 0.0740. The monoisotopic (exact) mass is 1100 g/mol. The molecular formula is C69H73N7O6. The van der Waals surface area contributed by atoms with Crippen molar-refractivity contribution < 1.29 is 15.3 Å². The van der Waals surface area contributed by atoms with Gasteiger partial charge in [0.2, 0.25) is 0 Å². The molecule has 13 nitrogen and oxygen atoms in total. The summed E-state index contributed by atoms with van der Waals surface area (Å²) in [5, 5.41) is 34.8. The number of fused-ring (bicyclic) bond motifs is 3. The minimum Gasteiger partial charge on any atom is -0.390 e. The molecule has 3 atom stereocenters. The van der Waals surface area contributed by atoms with Gasteiger partial charge in [0, 0.05) is 107 Å². The van der Waals surface area contributed by atoms with Crippen LogP contribution in [0.15, 0.2) is 233 Å². The topological polar surface area (TPSA) is 148 Å². The first-order valence-corrected chi connectivity index (χ1v) is 28.5. The van der Waals surface area contributed by atoms with Crippen molar-refractivity contribution in [1.82, 2.24) is 28.4 Å². The number of aliphatic hydroxyl groups is 3. The first kappa shape index (κ1) is 57.0. The lowest BCUT2D eigenvalue weighted by atomic mass is 10.00. The number of pyridine rings is 3. The van der Waals surface area contributed by atoms with Gasteiger partial charge in [0.1, 0.15) is 0 Å². The van der Waals surface area contributed by atoms with Crippen LogP contribution in [0.4, 0.5) is 11.4 Å². The Balaban J connectivity index is 0.000000138. The van der Waals surface area contributed by atoms with E-state index >= 15 is 0 Å². The highest BCUT2D eigenvalue weighted by Crippen LogP contribution is 2.23. The molecule has 3 aliphatic rings. The molecule has 0 saturated carbocycles. The number of hydrogen-bond acceptors (Lipinski definition) is 10. The van der Waals surface area contributed by atoms with E-state index in [1.807, 2.05) is 109 Å². The van der Waals surface area contributed by atoms with Gasteiger partial charge in [0.15, 0.2) is 0 Å². The number of hydrogen-bond donors (Lipinski definition) is 4. The SMILES string of the molecule is O=c1cc(-c2ccccc2)ccn1C[C@@H](O)CN1CCc2ccccc2C1.O=c1cc(-c2ccccc2)ccn1C[C@H](O)CN1CCc2ccccc2C1.O=c1cc(Nc2ccccc2)ccn1C[C@H](O)CN1CCc2ccccc2C1. The second-order valence-corrected chi connectivity index (χ2v) is 21.7. The summed E-state index contributed by atoms with van der Waals surface area (Å²) in [6.07, 6.45) is 6.58. The maximum atomic E-state index is 12.4. The highest BCUT2D eigenvalue weighted by molar-refractivity contribution is 5.63. The maximum absolute atomic E-state index is 12.4. The zero-order valence-corrected chi connectivity index (χ0v) is 46.4. The molecule has 3 aliphatic heterocycles. The van der Waals surface area contributed by atoms with Gasteiger partial charge in [-0.15, -0.1) is 0 Å². The Bertz CT molecular complexity index is 3520. The minimum atomic E-state index is -0.587. The van der Waals surface area contributed by atoms with Crippen LogP contribution >= 0.6 is 0 Å². The van der Waals surface area contributed by atoms with E-state index in [9.17, 15) is 29.7 Å². The molecule has 6 heterocycles. The molecule has 0 bridgehead atoms. The molecule has 0 radical (unpaired) electrons. The van der Waals surface area contributed by atoms with Crippen molar-refractivity contribution in [3.8, 4) is 22.3 Å². The van der Waals surface area contributed by atoms with E-state index in [1.54, 1.807) is 50.5 Å². The lowest BCUT2D eigenvalue weighted by molar-refractivity contribution is 0.0907. The Labute approximate surface area is 479 Å². The zero-order chi connectivity index (χ0) is 56.6. The van der Waals surface area contributed by atoms with Crippen molar-refractivity contribution in [3.05, 3.63) is 283 Å². The van der Waals surface area contributed by atoms with Gasteiger partial charge in [-0.05, 0) is 105 Å². The Hall–Kier alpha value is -8.27. The van der Waals surface area contributed by atoms with Crippen molar-refractivity contribution in [2.24, 2.45) is 0 Å². The molecule has 0 unspecified atom stereocenters. The molecular weight excluding hydrogens is 1020 g/mol. The molecule has 4 N–H and O–H groups in total. The molecule has 6 aromatic carbocycles. The molecule has 13 heteroatoms. The molecule has 0 amide bonds. The Morgan fingerprint density at radius 1 is 0.329 bits per heavy atom. The number of β-amino-alcohol motifs (C(OH)–C–C–N with tert-alkyl or cyclic N) is 3. The molecule has 9 aromatic rings. The third-order valence-corrected chi connectivity index (χ3v) is 15.5. The minimum absolute atomic E-state index is 0.0839. The normalized spacial score (nSPS) is 15.2. The highest BCUT2D eigenvalue weighted by Gasteiger charge is 2.22. The first-order chi connectivity index (χ1) is 40.0. The Morgan fingerprint density at radius 2 is 0.646 bits per heavy atom. The number of para-hydroxylation sites is 1. The molecule has 0 fully saturated rings. The third kappa shape index (κ3) is 15.8. The number of nitrogens with zero attached hydrogens (tertiary/aromatic N) is 6. The lowest BCUT2D eigenvalue weighted by Crippen LogP contribution is -2.39. The first-order valence-electron chi connectivity index (χ1n) is 28.5. The fourth-order valence-electron chi connectivity index (χ4n) is 11.2. The van der Waals surface area contributed by atoms with Crippen molar-refractivity contribution in [2.45, 2.75) is 76.8 Å². The molecule has 12 rings (SSSR count). The van der Waals surface area contributed by atoms with E-state index < -0.39 is 18.3 Å². The summed E-state index contributed by atoms with van der Waals surface area (Å²) in [6.45, 7) is 7.99. The van der Waals surface area contributed by atoms with Crippen molar-refractivity contribution >= 4 is 11.4 Å². The molecule has 0 spiro atoms. The van der Waals surface area contributed by atoms with E-state index in [0.717, 1.165) is 92.2 Å². The number of anilines is 2. The summed E-state index contributed by atoms with van der Waals surface area (Å²) in [7, 11) is 0. The van der Waals surface area contributed by atoms with Gasteiger partial charge in [-0.3, -0.25) is 29.1 Å². The van der Waals surface area contributed by atoms with E-state index in [2.05, 4.69) is 92.8 Å². The summed E-state index contributed by atoms with van der Waals surface area (Å²) in [4.78, 5) is 44.1. The molecule has 420 valence electrons. The van der Waals surface area contributed by atoms with Gasteiger partial charge in [-0.25, -0.2) is 0 Å². The number of aromatic nitrogens is 3. The molecule has 0 aliphatic carbocycles. The fourth-order valence-corrected chi connectivity index (χ4v) is 11.2.